The summed E-state index contributed by atoms with van der Waals surface area (Å²) in [6, 6.07) is 8.00. The summed E-state index contributed by atoms with van der Waals surface area (Å²) < 4.78 is 1.03. The molecule has 2 heterocycles. The molecule has 3 aromatic rings. The summed E-state index contributed by atoms with van der Waals surface area (Å²) in [6.45, 7) is 1.53. The lowest BCUT2D eigenvalue weighted by Gasteiger charge is -1.95. The van der Waals surface area contributed by atoms with Gasteiger partial charge in [0.1, 0.15) is 15.7 Å². The van der Waals surface area contributed by atoms with E-state index in [1.807, 2.05) is 29.6 Å². The van der Waals surface area contributed by atoms with Crippen molar-refractivity contribution in [2.24, 2.45) is 0 Å². The molecule has 3 rings (SSSR count). The maximum absolute atomic E-state index is 11.6. The molecule has 0 aliphatic heterocycles. The molecule has 0 fully saturated rings. The lowest BCUT2D eigenvalue weighted by atomic mass is 10.2. The standard InChI is InChI=1S/C15H10BrClN2OS2/c1-8(20)13-11(6-17)18-15(22-13)12-7-21-14(19-12)9-2-4-10(16)5-3-9/h2-5,7H,6H2,1H3. The normalized spacial score (nSPS) is 10.9. The number of carbonyl (C=O) groups excluding carboxylic acids is 1. The van der Waals surface area contributed by atoms with Crippen molar-refractivity contribution in [1.29, 1.82) is 0 Å². The molecule has 7 heteroatoms. The van der Waals surface area contributed by atoms with Crippen LogP contribution in [0.4, 0.5) is 0 Å². The minimum absolute atomic E-state index is 0.0113. The van der Waals surface area contributed by atoms with E-state index in [2.05, 4.69) is 25.9 Å². The van der Waals surface area contributed by atoms with Crippen LogP contribution in [-0.4, -0.2) is 15.8 Å². The first-order valence-electron chi connectivity index (χ1n) is 6.37. The van der Waals surface area contributed by atoms with Gasteiger partial charge in [-0.05, 0) is 12.1 Å². The van der Waals surface area contributed by atoms with Gasteiger partial charge < -0.3 is 0 Å². The Kier molecular flexibility index (Phi) is 4.73. The fourth-order valence-corrected chi connectivity index (χ4v) is 4.28. The molecule has 0 N–H and O–H groups in total. The Morgan fingerprint density at radius 1 is 1.23 bits per heavy atom. The second-order valence-electron chi connectivity index (χ2n) is 4.53. The van der Waals surface area contributed by atoms with Gasteiger partial charge >= 0.3 is 0 Å². The van der Waals surface area contributed by atoms with Gasteiger partial charge in [0.15, 0.2) is 5.78 Å². The number of alkyl halides is 1. The zero-order chi connectivity index (χ0) is 15.7. The maximum Gasteiger partial charge on any atom is 0.171 e. The average molecular weight is 414 g/mol. The number of aromatic nitrogens is 2. The van der Waals surface area contributed by atoms with Crippen molar-refractivity contribution in [2.75, 3.05) is 0 Å². The summed E-state index contributed by atoms with van der Waals surface area (Å²) in [5, 5.41) is 3.62. The SMILES string of the molecule is CC(=O)c1sc(-c2csc(-c3ccc(Br)cc3)n2)nc1CCl. The zero-order valence-electron chi connectivity index (χ0n) is 11.5. The van der Waals surface area contributed by atoms with Crippen molar-refractivity contribution >= 4 is 56.0 Å². The maximum atomic E-state index is 11.6. The number of thiazole rings is 2. The average Bonchev–Trinajstić information content (AvgIpc) is 3.14. The number of ketones is 1. The lowest BCUT2D eigenvalue weighted by molar-refractivity contribution is 0.102. The molecular weight excluding hydrogens is 404 g/mol. The van der Waals surface area contributed by atoms with Crippen molar-refractivity contribution in [1.82, 2.24) is 9.97 Å². The molecule has 0 radical (unpaired) electrons. The van der Waals surface area contributed by atoms with Gasteiger partial charge in [0.25, 0.3) is 0 Å². The van der Waals surface area contributed by atoms with Gasteiger partial charge in [-0.2, -0.15) is 0 Å². The van der Waals surface area contributed by atoms with E-state index in [0.717, 1.165) is 25.7 Å². The van der Waals surface area contributed by atoms with E-state index in [1.54, 1.807) is 11.3 Å². The molecule has 0 spiro atoms. The van der Waals surface area contributed by atoms with Crippen LogP contribution < -0.4 is 0 Å². The first-order chi connectivity index (χ1) is 10.6. The fraction of sp³-hybridized carbons (Fsp3) is 0.133. The van der Waals surface area contributed by atoms with Gasteiger partial charge in [-0.25, -0.2) is 9.97 Å². The predicted molar refractivity (Wildman–Crippen MR) is 95.9 cm³/mol. The molecule has 2 aromatic heterocycles. The van der Waals surface area contributed by atoms with Gasteiger partial charge in [0, 0.05) is 22.3 Å². The minimum Gasteiger partial charge on any atom is -0.294 e. The van der Waals surface area contributed by atoms with Crippen LogP contribution in [0.1, 0.15) is 22.3 Å². The van der Waals surface area contributed by atoms with Crippen LogP contribution in [0.25, 0.3) is 21.3 Å². The van der Waals surface area contributed by atoms with Crippen molar-refractivity contribution in [3.05, 3.63) is 44.7 Å². The Bertz CT molecular complexity index is 826. The molecule has 0 unspecified atom stereocenters. The molecule has 0 bridgehead atoms. The van der Waals surface area contributed by atoms with Crippen LogP contribution in [-0.2, 0) is 5.88 Å². The molecule has 0 saturated heterocycles. The highest BCUT2D eigenvalue weighted by atomic mass is 79.9. The molecular formula is C15H10BrClN2OS2. The molecule has 1 aromatic carbocycles. The zero-order valence-corrected chi connectivity index (χ0v) is 15.4. The van der Waals surface area contributed by atoms with Crippen LogP contribution in [0.2, 0.25) is 0 Å². The topological polar surface area (TPSA) is 42.9 Å². The van der Waals surface area contributed by atoms with E-state index < -0.39 is 0 Å². The molecule has 3 nitrogen and oxygen atoms in total. The van der Waals surface area contributed by atoms with E-state index in [4.69, 9.17) is 11.6 Å². The van der Waals surface area contributed by atoms with Gasteiger partial charge in [-0.15, -0.1) is 34.3 Å². The summed E-state index contributed by atoms with van der Waals surface area (Å²) in [5.74, 6) is 0.220. The Labute approximate surface area is 149 Å². The molecule has 112 valence electrons. The third kappa shape index (κ3) is 3.15. The molecule has 0 amide bonds. The number of rotatable bonds is 4. The van der Waals surface area contributed by atoms with Crippen molar-refractivity contribution in [2.45, 2.75) is 12.8 Å². The molecule has 0 saturated carbocycles. The molecule has 22 heavy (non-hydrogen) atoms. The fourth-order valence-electron chi connectivity index (χ4n) is 1.92. The van der Waals surface area contributed by atoms with Crippen LogP contribution in [0.5, 0.6) is 0 Å². The highest BCUT2D eigenvalue weighted by Gasteiger charge is 2.17. The number of nitrogens with zero attached hydrogens (tertiary/aromatic N) is 2. The predicted octanol–water partition coefficient (Wildman–Crippen LogP) is 5.64. The van der Waals surface area contributed by atoms with E-state index in [1.165, 1.54) is 18.3 Å². The Morgan fingerprint density at radius 3 is 2.55 bits per heavy atom. The Balaban J connectivity index is 1.97. The highest BCUT2D eigenvalue weighted by Crippen LogP contribution is 2.33. The van der Waals surface area contributed by atoms with E-state index in [-0.39, 0.29) is 11.7 Å². The minimum atomic E-state index is -0.0113. The number of benzene rings is 1. The molecule has 0 aliphatic rings. The van der Waals surface area contributed by atoms with Crippen LogP contribution in [0.3, 0.4) is 0 Å². The summed E-state index contributed by atoms with van der Waals surface area (Å²) in [6.07, 6.45) is 0. The first kappa shape index (κ1) is 15.8. The second kappa shape index (κ2) is 6.58. The number of halogens is 2. The van der Waals surface area contributed by atoms with Crippen molar-refractivity contribution in [3.8, 4) is 21.3 Å². The smallest absolute Gasteiger partial charge is 0.171 e. The van der Waals surface area contributed by atoms with Gasteiger partial charge in [0.2, 0.25) is 0 Å². The lowest BCUT2D eigenvalue weighted by Crippen LogP contribution is -1.92. The largest absolute Gasteiger partial charge is 0.294 e. The Hall–Kier alpha value is -1.08. The molecule has 0 atom stereocenters. The van der Waals surface area contributed by atoms with Crippen molar-refractivity contribution < 1.29 is 4.79 Å². The second-order valence-corrected chi connectivity index (χ2v) is 7.57. The first-order valence-corrected chi connectivity index (χ1v) is 9.39. The van der Waals surface area contributed by atoms with Gasteiger partial charge in [-0.1, -0.05) is 28.1 Å². The van der Waals surface area contributed by atoms with Crippen molar-refractivity contribution in [3.63, 3.8) is 0 Å². The summed E-state index contributed by atoms with van der Waals surface area (Å²) >= 11 is 12.2. The number of Topliss-reactive ketones (excluding diaryl/α,β-unsaturated/α-hetero) is 1. The van der Waals surface area contributed by atoms with E-state index in [9.17, 15) is 4.79 Å². The number of hydrogen-bond acceptors (Lipinski definition) is 5. The monoisotopic (exact) mass is 412 g/mol. The number of carbonyl (C=O) groups is 1. The van der Waals surface area contributed by atoms with Crippen LogP contribution in [0.15, 0.2) is 34.1 Å². The third-order valence-corrected chi connectivity index (χ3v) is 5.85. The quantitative estimate of drug-likeness (QED) is 0.411. The molecule has 0 aliphatic carbocycles. The highest BCUT2D eigenvalue weighted by molar-refractivity contribution is 9.10. The van der Waals surface area contributed by atoms with E-state index >= 15 is 0 Å². The van der Waals surface area contributed by atoms with E-state index in [0.29, 0.717) is 10.6 Å². The Morgan fingerprint density at radius 2 is 1.95 bits per heavy atom. The summed E-state index contributed by atoms with van der Waals surface area (Å²) in [7, 11) is 0. The van der Waals surface area contributed by atoms with Gasteiger partial charge in [0.05, 0.1) is 16.5 Å². The van der Waals surface area contributed by atoms with Gasteiger partial charge in [-0.3, -0.25) is 4.79 Å². The summed E-state index contributed by atoms with van der Waals surface area (Å²) in [4.78, 5) is 21.3. The van der Waals surface area contributed by atoms with Crippen LogP contribution in [0, 0.1) is 0 Å². The third-order valence-electron chi connectivity index (χ3n) is 2.96. The summed E-state index contributed by atoms with van der Waals surface area (Å²) in [5.41, 5.74) is 2.47. The van der Waals surface area contributed by atoms with Crippen LogP contribution >= 0.6 is 50.2 Å². The number of hydrogen-bond donors (Lipinski definition) is 0.